The third kappa shape index (κ3) is 3.58. The van der Waals surface area contributed by atoms with E-state index < -0.39 is 11.1 Å². The summed E-state index contributed by atoms with van der Waals surface area (Å²) in [7, 11) is 1.49. The number of benzene rings is 1. The normalized spacial score (nSPS) is 11.6. The van der Waals surface area contributed by atoms with Crippen molar-refractivity contribution in [1.29, 1.82) is 0 Å². The van der Waals surface area contributed by atoms with Crippen LogP contribution < -0.4 is 34.3 Å². The first-order valence-corrected chi connectivity index (χ1v) is 4.53. The van der Waals surface area contributed by atoms with Crippen LogP contribution in [0.1, 0.15) is 0 Å². The second-order valence-corrected chi connectivity index (χ2v) is 3.35. The first-order valence-electron chi connectivity index (χ1n) is 3.08. The monoisotopic (exact) mass is 228 g/mol. The molecule has 0 aliphatic carbocycles. The van der Waals surface area contributed by atoms with Crippen molar-refractivity contribution in [2.24, 2.45) is 0 Å². The summed E-state index contributed by atoms with van der Waals surface area (Å²) in [4.78, 5) is 0.0810. The van der Waals surface area contributed by atoms with E-state index in [2.05, 4.69) is 0 Å². The Labute approximate surface area is 106 Å². The van der Waals surface area contributed by atoms with Crippen molar-refractivity contribution >= 4 is 22.7 Å². The quantitative estimate of drug-likeness (QED) is 0.462. The number of methoxy groups -OCH3 is 1. The molecule has 13 heavy (non-hydrogen) atoms. The Morgan fingerprint density at radius 3 is 2.54 bits per heavy atom. The van der Waals surface area contributed by atoms with Crippen molar-refractivity contribution in [3.05, 3.63) is 23.2 Å². The third-order valence-corrected chi connectivity index (χ3v) is 2.46. The van der Waals surface area contributed by atoms with E-state index in [1.807, 2.05) is 0 Å². The Bertz CT molecular complexity index is 319. The molecule has 0 fully saturated rings. The number of rotatable bonds is 2. The smallest absolute Gasteiger partial charge is 0.768 e. The second kappa shape index (κ2) is 6.01. The van der Waals surface area contributed by atoms with Gasteiger partial charge in [-0.3, -0.25) is 4.21 Å². The SMILES string of the molecule is COc1ccc(S(=O)[O-])c(Cl)c1.[Na+]. The zero-order valence-corrected chi connectivity index (χ0v) is 10.8. The van der Waals surface area contributed by atoms with Crippen molar-refractivity contribution in [3.63, 3.8) is 0 Å². The van der Waals surface area contributed by atoms with Crippen LogP contribution in [0.5, 0.6) is 5.75 Å². The fourth-order valence-corrected chi connectivity index (χ4v) is 1.50. The topological polar surface area (TPSA) is 49.4 Å². The number of halogens is 1. The van der Waals surface area contributed by atoms with E-state index >= 15 is 0 Å². The van der Waals surface area contributed by atoms with E-state index in [9.17, 15) is 8.76 Å². The van der Waals surface area contributed by atoms with E-state index in [-0.39, 0.29) is 39.5 Å². The van der Waals surface area contributed by atoms with Crippen molar-refractivity contribution in [1.82, 2.24) is 0 Å². The first-order chi connectivity index (χ1) is 5.65. The number of hydrogen-bond donors (Lipinski definition) is 0. The molecule has 0 radical (unpaired) electrons. The number of ether oxygens (including phenoxy) is 1. The second-order valence-electron chi connectivity index (χ2n) is 2.03. The molecular formula is C7H6ClNaO3S. The minimum absolute atomic E-state index is 0. The van der Waals surface area contributed by atoms with Crippen LogP contribution in [-0.2, 0) is 11.1 Å². The molecule has 66 valence electrons. The molecule has 1 unspecified atom stereocenters. The van der Waals surface area contributed by atoms with E-state index in [0.717, 1.165) is 0 Å². The van der Waals surface area contributed by atoms with Crippen LogP contribution >= 0.6 is 11.6 Å². The summed E-state index contributed by atoms with van der Waals surface area (Å²) in [6.45, 7) is 0. The summed E-state index contributed by atoms with van der Waals surface area (Å²) in [5, 5.41) is 0.169. The molecule has 0 aromatic heterocycles. The largest absolute Gasteiger partial charge is 1.00 e. The van der Waals surface area contributed by atoms with Gasteiger partial charge in [-0.25, -0.2) is 0 Å². The molecule has 0 bridgehead atoms. The minimum atomic E-state index is -2.29. The Kier molecular flexibility index (Phi) is 6.20. The van der Waals surface area contributed by atoms with Gasteiger partial charge in [0.2, 0.25) is 0 Å². The molecule has 0 amide bonds. The van der Waals surface area contributed by atoms with Crippen LogP contribution in [0.25, 0.3) is 0 Å². The van der Waals surface area contributed by atoms with E-state index in [1.165, 1.54) is 25.3 Å². The summed E-state index contributed by atoms with van der Waals surface area (Å²) < 4.78 is 25.8. The maximum atomic E-state index is 10.5. The molecule has 0 N–H and O–H groups in total. The Morgan fingerprint density at radius 2 is 2.15 bits per heavy atom. The summed E-state index contributed by atoms with van der Waals surface area (Å²) in [6.07, 6.45) is 0. The van der Waals surface area contributed by atoms with Gasteiger partial charge in [0.1, 0.15) is 5.75 Å². The van der Waals surface area contributed by atoms with Crippen molar-refractivity contribution < 1.29 is 43.1 Å². The van der Waals surface area contributed by atoms with Crippen molar-refractivity contribution in [2.45, 2.75) is 4.90 Å². The van der Waals surface area contributed by atoms with Crippen molar-refractivity contribution in [3.8, 4) is 5.75 Å². The summed E-state index contributed by atoms with van der Waals surface area (Å²) in [5.41, 5.74) is 0. The number of hydrogen-bond acceptors (Lipinski definition) is 3. The fraction of sp³-hybridized carbons (Fsp3) is 0.143. The molecule has 0 spiro atoms. The van der Waals surface area contributed by atoms with Gasteiger partial charge >= 0.3 is 29.6 Å². The molecule has 0 saturated carbocycles. The molecular weight excluding hydrogens is 223 g/mol. The molecule has 6 heteroatoms. The van der Waals surface area contributed by atoms with Gasteiger partial charge in [-0.15, -0.1) is 0 Å². The molecule has 1 aromatic carbocycles. The Hall–Kier alpha value is 0.420. The van der Waals surface area contributed by atoms with Crippen LogP contribution in [-0.4, -0.2) is 15.9 Å². The maximum Gasteiger partial charge on any atom is 1.00 e. The molecule has 1 aromatic rings. The molecule has 3 nitrogen and oxygen atoms in total. The average molecular weight is 229 g/mol. The summed E-state index contributed by atoms with van der Waals surface area (Å²) in [6, 6.07) is 4.38. The van der Waals surface area contributed by atoms with E-state index in [0.29, 0.717) is 5.75 Å². The van der Waals surface area contributed by atoms with Gasteiger partial charge in [0.05, 0.1) is 12.1 Å². The standard InChI is InChI=1S/C7H7ClO3S.Na/c1-11-5-2-3-7(12(9)10)6(8)4-5;/h2-4H,1H3,(H,9,10);/q;+1/p-1. The molecule has 1 rings (SSSR count). The minimum Gasteiger partial charge on any atom is -0.768 e. The van der Waals surface area contributed by atoms with Gasteiger partial charge in [-0.1, -0.05) is 11.6 Å². The van der Waals surface area contributed by atoms with Gasteiger partial charge in [0.25, 0.3) is 0 Å². The van der Waals surface area contributed by atoms with Crippen molar-refractivity contribution in [2.75, 3.05) is 7.11 Å². The predicted octanol–water partition coefficient (Wildman–Crippen LogP) is -1.41. The van der Waals surface area contributed by atoms with Crippen LogP contribution in [0.4, 0.5) is 0 Å². The van der Waals surface area contributed by atoms with Gasteiger partial charge in [0, 0.05) is 4.90 Å². The summed E-state index contributed by atoms with van der Waals surface area (Å²) >= 11 is 3.34. The summed E-state index contributed by atoms with van der Waals surface area (Å²) in [5.74, 6) is 0.536. The maximum absolute atomic E-state index is 10.5. The Balaban J connectivity index is 0.00000144. The fourth-order valence-electron chi connectivity index (χ4n) is 0.744. The average Bonchev–Trinajstić information content (AvgIpc) is 2.03. The molecule has 0 aliphatic rings. The third-order valence-electron chi connectivity index (χ3n) is 1.32. The zero-order chi connectivity index (χ0) is 9.14. The first kappa shape index (κ1) is 13.4. The molecule has 1 atom stereocenters. The zero-order valence-electron chi connectivity index (χ0n) is 7.24. The van der Waals surface area contributed by atoms with Gasteiger partial charge in [-0.05, 0) is 29.3 Å². The van der Waals surface area contributed by atoms with Gasteiger partial charge < -0.3 is 9.29 Å². The molecule has 0 saturated heterocycles. The van der Waals surface area contributed by atoms with Crippen LogP contribution in [0, 0.1) is 0 Å². The van der Waals surface area contributed by atoms with Crippen LogP contribution in [0.2, 0.25) is 5.02 Å². The van der Waals surface area contributed by atoms with E-state index in [1.54, 1.807) is 0 Å². The van der Waals surface area contributed by atoms with Gasteiger partial charge in [0.15, 0.2) is 0 Å². The predicted molar refractivity (Wildman–Crippen MR) is 45.2 cm³/mol. The van der Waals surface area contributed by atoms with E-state index in [4.69, 9.17) is 16.3 Å². The molecule has 0 aliphatic heterocycles. The Morgan fingerprint density at radius 1 is 1.54 bits per heavy atom. The molecule has 0 heterocycles. The van der Waals surface area contributed by atoms with Crippen LogP contribution in [0.3, 0.4) is 0 Å². The van der Waals surface area contributed by atoms with Gasteiger partial charge in [-0.2, -0.15) is 0 Å². The van der Waals surface area contributed by atoms with Crippen LogP contribution in [0.15, 0.2) is 23.1 Å².